The van der Waals surface area contributed by atoms with E-state index < -0.39 is 30.9 Å². The SMILES string of the molecule is [2H]C([2H])([2H])c1cc(-c2[c-]ccc3c2oc2nc(-c4c(C([2H])(C)C)cc(-c5ccccc5)cc4C([2H])(C)C)ccc23)ncc1C([2H])([2H])C(C)C.[Ir].[c-]1ccccc1-c1ccccn1. The van der Waals surface area contributed by atoms with Crippen molar-refractivity contribution in [3.8, 4) is 44.9 Å². The molecule has 8 rings (SSSR count). The van der Waals surface area contributed by atoms with Gasteiger partial charge < -0.3 is 14.4 Å². The predicted molar refractivity (Wildman–Crippen MR) is 224 cm³/mol. The summed E-state index contributed by atoms with van der Waals surface area (Å²) in [6.07, 6.45) is 1.20. The molecule has 0 atom stereocenters. The van der Waals surface area contributed by atoms with E-state index in [4.69, 9.17) is 19.0 Å². The number of nitrogens with zero attached hydrogens (tertiary/aromatic N) is 3. The summed E-state index contributed by atoms with van der Waals surface area (Å²) >= 11 is 0. The fraction of sp³-hybridized carbons (Fsp3) is 0.220. The largest absolute Gasteiger partial charge is 0.486 e. The molecule has 0 aliphatic heterocycles. The first kappa shape index (κ1) is 31.0. The van der Waals surface area contributed by atoms with E-state index in [0.29, 0.717) is 33.8 Å². The minimum absolute atomic E-state index is 0. The van der Waals surface area contributed by atoms with Crippen molar-refractivity contribution in [2.75, 3.05) is 0 Å². The van der Waals surface area contributed by atoms with Crippen LogP contribution >= 0.6 is 0 Å². The number of rotatable bonds is 8. The summed E-state index contributed by atoms with van der Waals surface area (Å²) in [6, 6.07) is 42.8. The Hall–Kier alpha value is -5.22. The zero-order chi connectivity index (χ0) is 43.9. The maximum atomic E-state index is 9.15. The van der Waals surface area contributed by atoms with Crippen molar-refractivity contribution >= 4 is 22.1 Å². The normalized spacial score (nSPS) is 14.0. The Kier molecular flexibility index (Phi) is 9.87. The van der Waals surface area contributed by atoms with Gasteiger partial charge in [-0.05, 0) is 88.3 Å². The summed E-state index contributed by atoms with van der Waals surface area (Å²) < 4.78 is 66.5. The molecule has 0 N–H and O–H groups in total. The van der Waals surface area contributed by atoms with Gasteiger partial charge in [0.15, 0.2) is 0 Å². The molecule has 0 bridgehead atoms. The molecule has 0 aliphatic rings. The molecule has 4 aromatic heterocycles. The maximum absolute atomic E-state index is 9.15. The monoisotopic (exact) mass is 905 g/mol. The second-order valence-electron chi connectivity index (χ2n) is 14.0. The van der Waals surface area contributed by atoms with Crippen LogP contribution in [-0.2, 0) is 26.5 Å². The van der Waals surface area contributed by atoms with E-state index in [1.165, 1.54) is 12.3 Å². The van der Waals surface area contributed by atoms with Gasteiger partial charge >= 0.3 is 0 Å². The minimum atomic E-state index is -2.57. The van der Waals surface area contributed by atoms with Gasteiger partial charge in [0.2, 0.25) is 5.71 Å². The Morgan fingerprint density at radius 1 is 0.709 bits per heavy atom. The van der Waals surface area contributed by atoms with Crippen LogP contribution in [0.4, 0.5) is 0 Å². The third-order valence-corrected chi connectivity index (χ3v) is 9.13. The second kappa shape index (κ2) is 17.5. The molecule has 0 aliphatic carbocycles. The number of pyridine rings is 3. The molecule has 279 valence electrons. The zero-order valence-electron chi connectivity index (χ0n) is 38.8. The van der Waals surface area contributed by atoms with E-state index in [1.807, 2.05) is 131 Å². The first-order chi connectivity index (χ1) is 28.7. The van der Waals surface area contributed by atoms with Crippen molar-refractivity contribution in [1.82, 2.24) is 15.0 Å². The number of hydrogen-bond acceptors (Lipinski definition) is 4. The number of aryl methyl sites for hydroxylation is 1. The fourth-order valence-corrected chi connectivity index (χ4v) is 6.55. The molecule has 0 saturated carbocycles. The number of furan rings is 1. The second-order valence-corrected chi connectivity index (χ2v) is 14.0. The molecule has 8 aromatic rings. The van der Waals surface area contributed by atoms with Gasteiger partial charge in [0.05, 0.1) is 11.3 Å². The molecular weight excluding hydrogens is 851 g/mol. The maximum Gasteiger partial charge on any atom is 0.216 e. The van der Waals surface area contributed by atoms with Gasteiger partial charge in [-0.15, -0.1) is 54.1 Å². The first-order valence-corrected chi connectivity index (χ1v) is 18.1. The molecule has 0 unspecified atom stereocenters. The van der Waals surface area contributed by atoms with Crippen molar-refractivity contribution in [3.63, 3.8) is 0 Å². The van der Waals surface area contributed by atoms with Gasteiger partial charge in [0.25, 0.3) is 0 Å². The van der Waals surface area contributed by atoms with Crippen LogP contribution in [0.5, 0.6) is 0 Å². The summed E-state index contributed by atoms with van der Waals surface area (Å²) in [5.74, 6) is -2.50. The number of benzene rings is 4. The van der Waals surface area contributed by atoms with Gasteiger partial charge in [-0.1, -0.05) is 119 Å². The van der Waals surface area contributed by atoms with Crippen LogP contribution < -0.4 is 0 Å². The molecule has 4 nitrogen and oxygen atoms in total. The van der Waals surface area contributed by atoms with Crippen molar-refractivity contribution in [1.29, 1.82) is 0 Å². The Morgan fingerprint density at radius 2 is 1.45 bits per heavy atom. The number of hydrogen-bond donors (Lipinski definition) is 0. The molecule has 0 saturated heterocycles. The third-order valence-electron chi connectivity index (χ3n) is 9.13. The standard InChI is InChI=1S/C39H39N2O.C11H8N.Ir/c1-23(2)18-29-22-40-36(19-26(29)7)32-15-11-14-30-31-16-17-35(41-39(31)42-38(30)32)37-33(24(3)4)20-28(21-34(37)25(5)6)27-12-9-8-10-13-27;1-2-6-10(7-3-1)11-8-4-5-9-12-11;/h8-14,16-17,19-25H,18H2,1-7H3;1-6,8-9H;/q2*-1;/i7D3,18D2,24D,25D;;. The average molecular weight is 905 g/mol. The topological polar surface area (TPSA) is 51.8 Å². The molecule has 4 heterocycles. The van der Waals surface area contributed by atoms with Crippen molar-refractivity contribution in [2.45, 2.75) is 66.6 Å². The van der Waals surface area contributed by atoms with Crippen LogP contribution in [-0.4, -0.2) is 15.0 Å². The molecule has 55 heavy (non-hydrogen) atoms. The van der Waals surface area contributed by atoms with E-state index in [-0.39, 0.29) is 31.2 Å². The molecule has 5 heteroatoms. The fourth-order valence-electron chi connectivity index (χ4n) is 6.55. The van der Waals surface area contributed by atoms with Gasteiger partial charge in [-0.3, -0.25) is 0 Å². The summed E-state index contributed by atoms with van der Waals surface area (Å²) in [4.78, 5) is 13.7. The quantitative estimate of drug-likeness (QED) is 0.143. The number of aromatic nitrogens is 3. The minimum Gasteiger partial charge on any atom is -0.486 e. The first-order valence-electron chi connectivity index (χ1n) is 21.6. The van der Waals surface area contributed by atoms with E-state index in [2.05, 4.69) is 22.1 Å². The van der Waals surface area contributed by atoms with E-state index in [0.717, 1.165) is 44.3 Å². The van der Waals surface area contributed by atoms with Crippen LogP contribution in [0, 0.1) is 24.9 Å². The van der Waals surface area contributed by atoms with Crippen LogP contribution in [0.1, 0.15) is 85.2 Å². The van der Waals surface area contributed by atoms with E-state index >= 15 is 0 Å². The third kappa shape index (κ3) is 8.70. The van der Waals surface area contributed by atoms with Crippen LogP contribution in [0.2, 0.25) is 0 Å². The summed E-state index contributed by atoms with van der Waals surface area (Å²) in [7, 11) is 0. The van der Waals surface area contributed by atoms with Crippen LogP contribution in [0.3, 0.4) is 0 Å². The van der Waals surface area contributed by atoms with E-state index in [9.17, 15) is 0 Å². The molecular formula is C50H47IrN3O-2. The predicted octanol–water partition coefficient (Wildman–Crippen LogP) is 13.5. The Labute approximate surface area is 349 Å². The van der Waals surface area contributed by atoms with Crippen molar-refractivity contribution in [3.05, 3.63) is 162 Å². The summed E-state index contributed by atoms with van der Waals surface area (Å²) in [6.45, 7) is 8.19. The summed E-state index contributed by atoms with van der Waals surface area (Å²) in [5.41, 5.74) is 8.14. The van der Waals surface area contributed by atoms with Gasteiger partial charge in [-0.2, -0.15) is 0 Å². The Balaban J connectivity index is 0.000000422. The van der Waals surface area contributed by atoms with E-state index in [1.54, 1.807) is 26.1 Å². The van der Waals surface area contributed by atoms with Crippen LogP contribution in [0.15, 0.2) is 132 Å². The average Bonchev–Trinajstić information content (AvgIpc) is 3.61. The van der Waals surface area contributed by atoms with Crippen LogP contribution in [0.25, 0.3) is 67.0 Å². The Bertz CT molecular complexity index is 2740. The molecule has 0 fully saturated rings. The smallest absolute Gasteiger partial charge is 0.216 e. The summed E-state index contributed by atoms with van der Waals surface area (Å²) in [5, 5.41) is 1.47. The number of fused-ring (bicyclic) bond motifs is 3. The van der Waals surface area contributed by atoms with Crippen molar-refractivity contribution < 1.29 is 34.1 Å². The molecule has 0 spiro atoms. The zero-order valence-corrected chi connectivity index (χ0v) is 34.2. The van der Waals surface area contributed by atoms with Gasteiger partial charge in [0.1, 0.15) is 0 Å². The molecule has 1 radical (unpaired) electrons. The van der Waals surface area contributed by atoms with Gasteiger partial charge in [0, 0.05) is 53.0 Å². The molecule has 4 aromatic carbocycles. The Morgan fingerprint density at radius 3 is 2.11 bits per heavy atom. The van der Waals surface area contributed by atoms with Gasteiger partial charge in [-0.25, -0.2) is 4.98 Å². The molecule has 0 amide bonds. The van der Waals surface area contributed by atoms with Crippen molar-refractivity contribution in [2.24, 2.45) is 5.92 Å².